The molecule has 0 aliphatic heterocycles. The van der Waals surface area contributed by atoms with E-state index >= 15 is 0 Å². The summed E-state index contributed by atoms with van der Waals surface area (Å²) >= 11 is 0. The van der Waals surface area contributed by atoms with E-state index in [1.54, 1.807) is 7.11 Å². The van der Waals surface area contributed by atoms with E-state index in [2.05, 4.69) is 15.6 Å². The smallest absolute Gasteiger partial charge is 0.416 e. The van der Waals surface area contributed by atoms with Crippen LogP contribution in [0.5, 0.6) is 5.75 Å². The van der Waals surface area contributed by atoms with E-state index < -0.39 is 17.8 Å². The van der Waals surface area contributed by atoms with Gasteiger partial charge in [0.05, 0.1) is 12.1 Å². The lowest BCUT2D eigenvalue weighted by molar-refractivity contribution is -0.137. The minimum absolute atomic E-state index is 0. The quantitative estimate of drug-likeness (QED) is 0.198. The molecule has 27 heavy (non-hydrogen) atoms. The maximum absolute atomic E-state index is 12.5. The molecule has 6 nitrogen and oxygen atoms in total. The molecule has 1 aromatic rings. The number of methoxy groups -OCH3 is 1. The first kappa shape index (κ1) is 25.7. The Hall–Kier alpha value is -1.27. The van der Waals surface area contributed by atoms with Crippen LogP contribution in [0, 0.1) is 0 Å². The largest absolute Gasteiger partial charge is 0.491 e. The van der Waals surface area contributed by atoms with Crippen LogP contribution >= 0.6 is 24.0 Å². The zero-order valence-corrected chi connectivity index (χ0v) is 17.7. The molecule has 0 amide bonds. The Bertz CT molecular complexity index is 542. The van der Waals surface area contributed by atoms with Crippen molar-refractivity contribution in [2.45, 2.75) is 25.6 Å². The normalized spacial score (nSPS) is 12.9. The minimum Gasteiger partial charge on any atom is -0.491 e. The van der Waals surface area contributed by atoms with Gasteiger partial charge in [-0.2, -0.15) is 13.2 Å². The fourth-order valence-corrected chi connectivity index (χ4v) is 1.95. The molecule has 1 aromatic carbocycles. The summed E-state index contributed by atoms with van der Waals surface area (Å²) in [6.07, 6.45) is -4.45. The number of nitrogens with zero attached hydrogens (tertiary/aromatic N) is 1. The second-order valence-corrected chi connectivity index (χ2v) is 5.48. The van der Waals surface area contributed by atoms with E-state index in [-0.39, 0.29) is 42.9 Å². The van der Waals surface area contributed by atoms with E-state index in [4.69, 9.17) is 9.47 Å². The van der Waals surface area contributed by atoms with E-state index in [9.17, 15) is 18.3 Å². The van der Waals surface area contributed by atoms with Crippen LogP contribution in [0.15, 0.2) is 29.3 Å². The molecule has 3 N–H and O–H groups in total. The number of hydrogen-bond acceptors (Lipinski definition) is 4. The third-order valence-electron chi connectivity index (χ3n) is 3.25. The number of benzene rings is 1. The van der Waals surface area contributed by atoms with Crippen molar-refractivity contribution in [3.8, 4) is 5.75 Å². The maximum Gasteiger partial charge on any atom is 0.416 e. The molecule has 0 saturated heterocycles. The average Bonchev–Trinajstić information content (AvgIpc) is 2.61. The molecule has 1 atom stereocenters. The van der Waals surface area contributed by atoms with Crippen molar-refractivity contribution in [3.63, 3.8) is 0 Å². The first-order valence-corrected chi connectivity index (χ1v) is 8.36. The Morgan fingerprint density at radius 3 is 2.44 bits per heavy atom. The molecule has 0 bridgehead atoms. The third-order valence-corrected chi connectivity index (χ3v) is 3.25. The molecule has 0 spiro atoms. The summed E-state index contributed by atoms with van der Waals surface area (Å²) in [6.45, 7) is 3.94. The number of guanidine groups is 1. The van der Waals surface area contributed by atoms with Gasteiger partial charge < -0.3 is 25.2 Å². The molecule has 1 unspecified atom stereocenters. The zero-order chi connectivity index (χ0) is 19.4. The van der Waals surface area contributed by atoms with Crippen molar-refractivity contribution in [3.05, 3.63) is 29.8 Å². The number of aliphatic hydroxyl groups excluding tert-OH is 1. The molecule has 0 radical (unpaired) electrons. The SMILES string of the molecule is CCNC(=NCC(O)COc1ccc(C(F)(F)F)cc1)NCCCOC.I. The van der Waals surface area contributed by atoms with E-state index in [0.29, 0.717) is 25.7 Å². The Labute approximate surface area is 174 Å². The molecule has 0 heterocycles. The van der Waals surface area contributed by atoms with Crippen LogP contribution in [0.4, 0.5) is 13.2 Å². The molecule has 0 fully saturated rings. The van der Waals surface area contributed by atoms with Gasteiger partial charge in [-0.15, -0.1) is 24.0 Å². The Kier molecular flexibility index (Phi) is 13.2. The van der Waals surface area contributed by atoms with Gasteiger partial charge in [0, 0.05) is 26.8 Å². The van der Waals surface area contributed by atoms with Crippen molar-refractivity contribution in [1.29, 1.82) is 0 Å². The van der Waals surface area contributed by atoms with Crippen LogP contribution in [0.1, 0.15) is 18.9 Å². The Morgan fingerprint density at radius 1 is 1.22 bits per heavy atom. The minimum atomic E-state index is -4.38. The molecule has 156 valence electrons. The molecular formula is C17H27F3IN3O3. The van der Waals surface area contributed by atoms with Crippen molar-refractivity contribution in [1.82, 2.24) is 10.6 Å². The number of halogens is 4. The van der Waals surface area contributed by atoms with Crippen molar-refractivity contribution in [2.24, 2.45) is 4.99 Å². The van der Waals surface area contributed by atoms with Crippen LogP contribution in [-0.4, -0.2) is 57.1 Å². The highest BCUT2D eigenvalue weighted by Crippen LogP contribution is 2.30. The fourth-order valence-electron chi connectivity index (χ4n) is 1.95. The predicted octanol–water partition coefficient (Wildman–Crippen LogP) is 2.65. The molecule has 0 aliphatic carbocycles. The predicted molar refractivity (Wildman–Crippen MR) is 109 cm³/mol. The van der Waals surface area contributed by atoms with Crippen molar-refractivity contribution >= 4 is 29.9 Å². The van der Waals surface area contributed by atoms with Gasteiger partial charge in [0.15, 0.2) is 5.96 Å². The second kappa shape index (κ2) is 13.8. The molecule has 0 aliphatic rings. The Balaban J connectivity index is 0.00000676. The Morgan fingerprint density at radius 2 is 1.89 bits per heavy atom. The van der Waals surface area contributed by atoms with Gasteiger partial charge in [0.1, 0.15) is 18.5 Å². The molecule has 0 saturated carbocycles. The summed E-state index contributed by atoms with van der Waals surface area (Å²) < 4.78 is 47.7. The van der Waals surface area contributed by atoms with Gasteiger partial charge in [-0.1, -0.05) is 0 Å². The topological polar surface area (TPSA) is 75.1 Å². The fraction of sp³-hybridized carbons (Fsp3) is 0.588. The maximum atomic E-state index is 12.5. The van der Waals surface area contributed by atoms with E-state index in [0.717, 1.165) is 18.6 Å². The van der Waals surface area contributed by atoms with E-state index in [1.165, 1.54) is 12.1 Å². The highest BCUT2D eigenvalue weighted by atomic mass is 127. The van der Waals surface area contributed by atoms with Crippen LogP contribution in [-0.2, 0) is 10.9 Å². The molecule has 10 heteroatoms. The van der Waals surface area contributed by atoms with Crippen LogP contribution in [0.25, 0.3) is 0 Å². The third kappa shape index (κ3) is 11.2. The number of rotatable bonds is 10. The van der Waals surface area contributed by atoms with Gasteiger partial charge in [0.2, 0.25) is 0 Å². The number of hydrogen-bond donors (Lipinski definition) is 3. The van der Waals surface area contributed by atoms with Gasteiger partial charge in [-0.3, -0.25) is 4.99 Å². The summed E-state index contributed by atoms with van der Waals surface area (Å²) in [6, 6.07) is 4.32. The lowest BCUT2D eigenvalue weighted by Gasteiger charge is -2.14. The number of aliphatic hydroxyl groups is 1. The average molecular weight is 505 g/mol. The standard InChI is InChI=1S/C17H26F3N3O3.HI/c1-3-21-16(22-9-4-10-25-2)23-11-14(24)12-26-15-7-5-13(6-8-15)17(18,19)20;/h5-8,14,24H,3-4,9-12H2,1-2H3,(H2,21,22,23);1H. The molecule has 1 rings (SSSR count). The van der Waals surface area contributed by atoms with Gasteiger partial charge >= 0.3 is 6.18 Å². The first-order chi connectivity index (χ1) is 12.4. The number of ether oxygens (including phenoxy) is 2. The highest BCUT2D eigenvalue weighted by molar-refractivity contribution is 14.0. The molecule has 0 aromatic heterocycles. The highest BCUT2D eigenvalue weighted by Gasteiger charge is 2.30. The first-order valence-electron chi connectivity index (χ1n) is 8.36. The summed E-state index contributed by atoms with van der Waals surface area (Å²) in [4.78, 5) is 4.24. The van der Waals surface area contributed by atoms with Crippen LogP contribution in [0.3, 0.4) is 0 Å². The van der Waals surface area contributed by atoms with Gasteiger partial charge in [0.25, 0.3) is 0 Å². The zero-order valence-electron chi connectivity index (χ0n) is 15.4. The summed E-state index contributed by atoms with van der Waals surface area (Å²) in [5.41, 5.74) is -0.746. The summed E-state index contributed by atoms with van der Waals surface area (Å²) in [5, 5.41) is 16.1. The molecular weight excluding hydrogens is 478 g/mol. The van der Waals surface area contributed by atoms with Crippen LogP contribution in [0.2, 0.25) is 0 Å². The number of nitrogens with one attached hydrogen (secondary N) is 2. The lowest BCUT2D eigenvalue weighted by Crippen LogP contribution is -2.39. The number of aliphatic imine (C=N–C) groups is 1. The monoisotopic (exact) mass is 505 g/mol. The van der Waals surface area contributed by atoms with E-state index in [1.807, 2.05) is 6.92 Å². The van der Waals surface area contributed by atoms with Gasteiger partial charge in [-0.25, -0.2) is 0 Å². The summed E-state index contributed by atoms with van der Waals surface area (Å²) in [5.74, 6) is 0.822. The van der Waals surface area contributed by atoms with Crippen molar-refractivity contribution in [2.75, 3.05) is 40.0 Å². The van der Waals surface area contributed by atoms with Crippen molar-refractivity contribution < 1.29 is 27.8 Å². The summed E-state index contributed by atoms with van der Waals surface area (Å²) in [7, 11) is 1.63. The van der Waals surface area contributed by atoms with Gasteiger partial charge in [-0.05, 0) is 37.6 Å². The number of alkyl halides is 3. The van der Waals surface area contributed by atoms with Crippen LogP contribution < -0.4 is 15.4 Å². The second-order valence-electron chi connectivity index (χ2n) is 5.48. The lowest BCUT2D eigenvalue weighted by atomic mass is 10.2.